The van der Waals surface area contributed by atoms with Gasteiger partial charge < -0.3 is 4.90 Å². The summed E-state index contributed by atoms with van der Waals surface area (Å²) in [6, 6.07) is 64.8. The maximum absolute atomic E-state index is 2.47. The molecule has 1 aliphatic carbocycles. The molecule has 0 fully saturated rings. The molecule has 0 saturated carbocycles. The van der Waals surface area contributed by atoms with Gasteiger partial charge >= 0.3 is 0 Å². The number of hydrogen-bond acceptors (Lipinski definition) is 2. The molecule has 51 heavy (non-hydrogen) atoms. The van der Waals surface area contributed by atoms with E-state index in [-0.39, 0.29) is 5.41 Å². The number of thiophene rings is 1. The van der Waals surface area contributed by atoms with Crippen molar-refractivity contribution in [3.8, 4) is 33.4 Å². The summed E-state index contributed by atoms with van der Waals surface area (Å²) in [4.78, 5) is 2.44. The fourth-order valence-electron chi connectivity index (χ4n) is 8.21. The number of nitrogens with zero attached hydrogens (tertiary/aromatic N) is 1. The van der Waals surface area contributed by atoms with Crippen LogP contribution in [-0.4, -0.2) is 0 Å². The van der Waals surface area contributed by atoms with Gasteiger partial charge in [-0.1, -0.05) is 135 Å². The van der Waals surface area contributed by atoms with Gasteiger partial charge in [0, 0.05) is 42.5 Å². The maximum Gasteiger partial charge on any atom is 0.0540 e. The van der Waals surface area contributed by atoms with Crippen molar-refractivity contribution in [1.29, 1.82) is 0 Å². The van der Waals surface area contributed by atoms with Crippen LogP contribution in [0.25, 0.3) is 64.3 Å². The van der Waals surface area contributed by atoms with Crippen LogP contribution in [0.15, 0.2) is 176 Å². The molecule has 9 aromatic rings. The Bertz CT molecular complexity index is 2770. The van der Waals surface area contributed by atoms with Crippen molar-refractivity contribution >= 4 is 59.3 Å². The molecule has 1 heterocycles. The minimum absolute atomic E-state index is 0.150. The van der Waals surface area contributed by atoms with Gasteiger partial charge in [-0.15, -0.1) is 11.3 Å². The predicted molar refractivity (Wildman–Crippen MR) is 220 cm³/mol. The van der Waals surface area contributed by atoms with Crippen molar-refractivity contribution in [1.82, 2.24) is 0 Å². The second-order valence-corrected chi connectivity index (χ2v) is 15.3. The first kappa shape index (κ1) is 29.9. The third-order valence-corrected chi connectivity index (χ3v) is 12.0. The van der Waals surface area contributed by atoms with Crippen molar-refractivity contribution in [2.75, 3.05) is 4.90 Å². The van der Waals surface area contributed by atoms with E-state index in [1.807, 2.05) is 11.3 Å². The van der Waals surface area contributed by atoms with E-state index >= 15 is 0 Å². The molecule has 0 N–H and O–H groups in total. The molecule has 2 heteroatoms. The quantitative estimate of drug-likeness (QED) is 0.176. The van der Waals surface area contributed by atoms with Gasteiger partial charge in [0.15, 0.2) is 0 Å². The van der Waals surface area contributed by atoms with E-state index in [1.165, 1.54) is 75.5 Å². The molecular formula is C49H35NS. The molecule has 0 unspecified atom stereocenters. The molecule has 1 nitrogen and oxygen atoms in total. The highest BCUT2D eigenvalue weighted by Crippen LogP contribution is 2.53. The van der Waals surface area contributed by atoms with Crippen LogP contribution in [-0.2, 0) is 5.41 Å². The van der Waals surface area contributed by atoms with Crippen LogP contribution in [0.2, 0.25) is 0 Å². The smallest absolute Gasteiger partial charge is 0.0540 e. The van der Waals surface area contributed by atoms with Gasteiger partial charge in [0.1, 0.15) is 0 Å². The fraction of sp³-hybridized carbons (Fsp3) is 0.0612. The van der Waals surface area contributed by atoms with Crippen molar-refractivity contribution in [2.45, 2.75) is 19.3 Å². The number of para-hydroxylation sites is 1. The Hall–Kier alpha value is -5.96. The first-order valence-electron chi connectivity index (χ1n) is 17.7. The average Bonchev–Trinajstić information content (AvgIpc) is 3.65. The number of benzene rings is 8. The summed E-state index contributed by atoms with van der Waals surface area (Å²) in [6.07, 6.45) is 0. The van der Waals surface area contributed by atoms with Gasteiger partial charge in [-0.25, -0.2) is 0 Å². The summed E-state index contributed by atoms with van der Waals surface area (Å²) in [5.41, 5.74) is 13.6. The van der Waals surface area contributed by atoms with Gasteiger partial charge in [-0.3, -0.25) is 0 Å². The van der Waals surface area contributed by atoms with Crippen LogP contribution in [0.4, 0.5) is 17.1 Å². The molecule has 1 aromatic heterocycles. The van der Waals surface area contributed by atoms with Crippen molar-refractivity contribution in [3.05, 3.63) is 187 Å². The first-order chi connectivity index (χ1) is 25.0. The lowest BCUT2D eigenvalue weighted by molar-refractivity contribution is 0.661. The minimum atomic E-state index is -0.150. The SMILES string of the molecule is CC1(C)c2cc(N(c3ccc(-c4ccc5ccccc5c4)cc3)c3ccccc3-c3ccccc3)ccc2-c2cc3sc4ccccc4c3cc21. The van der Waals surface area contributed by atoms with E-state index in [0.717, 1.165) is 17.1 Å². The molecule has 0 saturated heterocycles. The largest absolute Gasteiger partial charge is 0.310 e. The number of rotatable bonds is 5. The van der Waals surface area contributed by atoms with Gasteiger partial charge in [0.05, 0.1) is 5.69 Å². The Kier molecular flexibility index (Phi) is 6.78. The van der Waals surface area contributed by atoms with E-state index in [1.54, 1.807) is 0 Å². The average molecular weight is 670 g/mol. The standard InChI is InChI=1S/C49H35NS/c1-49(2)44-29-38(26-27-40(44)42-31-48-43(30-45(42)49)41-17-9-11-19-47(41)51-48)50(46-18-10-8-16-39(46)34-13-4-3-5-14-34)37-24-22-33(23-25-37)36-21-20-32-12-6-7-15-35(32)28-36/h3-31H,1-2H3. The lowest BCUT2D eigenvalue weighted by Crippen LogP contribution is -2.17. The lowest BCUT2D eigenvalue weighted by Gasteiger charge is -2.30. The van der Waals surface area contributed by atoms with E-state index < -0.39 is 0 Å². The normalized spacial score (nSPS) is 13.1. The van der Waals surface area contributed by atoms with Gasteiger partial charge in [-0.05, 0) is 104 Å². The van der Waals surface area contributed by atoms with Crippen molar-refractivity contribution < 1.29 is 0 Å². The van der Waals surface area contributed by atoms with Crippen LogP contribution in [0.5, 0.6) is 0 Å². The second-order valence-electron chi connectivity index (χ2n) is 14.2. The number of hydrogen-bond donors (Lipinski definition) is 0. The Morgan fingerprint density at radius 2 is 1.10 bits per heavy atom. The highest BCUT2D eigenvalue weighted by atomic mass is 32.1. The molecule has 0 radical (unpaired) electrons. The summed E-state index contributed by atoms with van der Waals surface area (Å²) in [5.74, 6) is 0. The maximum atomic E-state index is 2.47. The zero-order chi connectivity index (χ0) is 34.1. The molecule has 10 rings (SSSR count). The van der Waals surface area contributed by atoms with Crippen molar-refractivity contribution in [2.24, 2.45) is 0 Å². The van der Waals surface area contributed by atoms with Crippen LogP contribution in [0.3, 0.4) is 0 Å². The highest BCUT2D eigenvalue weighted by Gasteiger charge is 2.37. The molecule has 8 aromatic carbocycles. The molecule has 0 aliphatic heterocycles. The highest BCUT2D eigenvalue weighted by molar-refractivity contribution is 7.25. The molecule has 0 atom stereocenters. The van der Waals surface area contributed by atoms with Crippen LogP contribution >= 0.6 is 11.3 Å². The first-order valence-corrected chi connectivity index (χ1v) is 18.5. The predicted octanol–water partition coefficient (Wildman–Crippen LogP) is 14.3. The van der Waals surface area contributed by atoms with E-state index in [0.29, 0.717) is 0 Å². The topological polar surface area (TPSA) is 3.24 Å². The summed E-state index contributed by atoms with van der Waals surface area (Å²) in [5, 5.41) is 5.23. The summed E-state index contributed by atoms with van der Waals surface area (Å²) in [6.45, 7) is 4.78. The molecular weight excluding hydrogens is 635 g/mol. The third-order valence-electron chi connectivity index (χ3n) is 10.9. The summed E-state index contributed by atoms with van der Waals surface area (Å²) in [7, 11) is 0. The van der Waals surface area contributed by atoms with Crippen LogP contribution in [0, 0.1) is 0 Å². The Labute approximate surface area is 302 Å². The monoisotopic (exact) mass is 669 g/mol. The van der Waals surface area contributed by atoms with Gasteiger partial charge in [-0.2, -0.15) is 0 Å². The van der Waals surface area contributed by atoms with E-state index in [4.69, 9.17) is 0 Å². The zero-order valence-corrected chi connectivity index (χ0v) is 29.4. The number of anilines is 3. The molecule has 0 spiro atoms. The fourth-order valence-corrected chi connectivity index (χ4v) is 9.34. The Morgan fingerprint density at radius 3 is 1.96 bits per heavy atom. The van der Waals surface area contributed by atoms with Gasteiger partial charge in [0.25, 0.3) is 0 Å². The van der Waals surface area contributed by atoms with Crippen molar-refractivity contribution in [3.63, 3.8) is 0 Å². The van der Waals surface area contributed by atoms with E-state index in [2.05, 4.69) is 195 Å². The van der Waals surface area contributed by atoms with Crippen LogP contribution < -0.4 is 4.90 Å². The third kappa shape index (κ3) is 4.82. The minimum Gasteiger partial charge on any atom is -0.310 e. The Balaban J connectivity index is 1.13. The Morgan fingerprint density at radius 1 is 0.412 bits per heavy atom. The van der Waals surface area contributed by atoms with E-state index in [9.17, 15) is 0 Å². The summed E-state index contributed by atoms with van der Waals surface area (Å²) < 4.78 is 2.71. The molecule has 242 valence electrons. The van der Waals surface area contributed by atoms with Gasteiger partial charge in [0.2, 0.25) is 0 Å². The second kappa shape index (κ2) is 11.6. The molecule has 0 amide bonds. The zero-order valence-electron chi connectivity index (χ0n) is 28.6. The molecule has 0 bridgehead atoms. The van der Waals surface area contributed by atoms with Crippen LogP contribution in [0.1, 0.15) is 25.0 Å². The summed E-state index contributed by atoms with van der Waals surface area (Å²) >= 11 is 1.90. The lowest BCUT2D eigenvalue weighted by atomic mass is 9.82. The number of fused-ring (bicyclic) bond motifs is 7. The molecule has 1 aliphatic rings.